The van der Waals surface area contributed by atoms with Gasteiger partial charge in [0.15, 0.2) is 0 Å². The number of carbonyl (C=O) groups excluding carboxylic acids is 1. The van der Waals surface area contributed by atoms with Crippen LogP contribution in [0.5, 0.6) is 0 Å². The van der Waals surface area contributed by atoms with Gasteiger partial charge in [0, 0.05) is 0 Å². The molecule has 0 atom stereocenters. The normalized spacial score (nSPS) is 10.2. The molecule has 0 amide bonds. The van der Waals surface area contributed by atoms with E-state index in [1.165, 1.54) is 0 Å². The molecule has 0 aliphatic carbocycles. The van der Waals surface area contributed by atoms with Crippen LogP contribution in [0.4, 0.5) is 22.4 Å². The second-order valence-electron chi connectivity index (χ2n) is 1.01. The molecule has 0 bridgehead atoms. The largest absolute Gasteiger partial charge is 0.517 e. The van der Waals surface area contributed by atoms with Crippen LogP contribution in [-0.2, 0) is 9.47 Å². The Kier molecular flexibility index (Phi) is 3.52. The van der Waals surface area contributed by atoms with Crippen molar-refractivity contribution in [2.45, 2.75) is 13.2 Å². The summed E-state index contributed by atoms with van der Waals surface area (Å²) in [4.78, 5) is 9.66. The van der Waals surface area contributed by atoms with Gasteiger partial charge in [0.1, 0.15) is 0 Å². The number of halogens is 4. The molecule has 0 heterocycles. The minimum atomic E-state index is -3.44. The SMILES string of the molecule is O=C(OC(F)F)OC(F)F. The van der Waals surface area contributed by atoms with E-state index in [0.717, 1.165) is 0 Å². The second kappa shape index (κ2) is 3.91. The van der Waals surface area contributed by atoms with Crippen molar-refractivity contribution in [3.8, 4) is 0 Å². The molecule has 0 fully saturated rings. The molecule has 0 saturated heterocycles. The Hall–Kier alpha value is -1.01. The molecule has 0 N–H and O–H groups in total. The highest BCUT2D eigenvalue weighted by Gasteiger charge is 2.16. The van der Waals surface area contributed by atoms with Gasteiger partial charge in [-0.2, -0.15) is 17.6 Å². The van der Waals surface area contributed by atoms with Crippen molar-refractivity contribution in [3.63, 3.8) is 0 Å². The van der Waals surface area contributed by atoms with Gasteiger partial charge in [-0.05, 0) is 0 Å². The molecule has 0 unspecified atom stereocenters. The highest BCUT2D eigenvalue weighted by atomic mass is 19.3. The second-order valence-corrected chi connectivity index (χ2v) is 1.01. The van der Waals surface area contributed by atoms with Gasteiger partial charge in [-0.15, -0.1) is 0 Å². The van der Waals surface area contributed by atoms with Crippen LogP contribution in [0.15, 0.2) is 0 Å². The Labute approximate surface area is 52.5 Å². The van der Waals surface area contributed by atoms with Crippen LogP contribution in [0.2, 0.25) is 0 Å². The van der Waals surface area contributed by atoms with Crippen LogP contribution < -0.4 is 0 Å². The molecule has 3 nitrogen and oxygen atoms in total. The summed E-state index contributed by atoms with van der Waals surface area (Å²) in [6.45, 7) is -6.88. The molecule has 0 aromatic carbocycles. The first kappa shape index (κ1) is 8.99. The quantitative estimate of drug-likeness (QED) is 0.456. The van der Waals surface area contributed by atoms with Crippen LogP contribution in [0.25, 0.3) is 0 Å². The number of alkyl halides is 4. The molecule has 7 heteroatoms. The maximum absolute atomic E-state index is 11.0. The summed E-state index contributed by atoms with van der Waals surface area (Å²) in [5.41, 5.74) is 0. The topological polar surface area (TPSA) is 35.5 Å². The first-order valence-corrected chi connectivity index (χ1v) is 1.96. The number of ether oxygens (including phenoxy) is 2. The Balaban J connectivity index is 3.44. The predicted molar refractivity (Wildman–Crippen MR) is 19.6 cm³/mol. The maximum atomic E-state index is 11.0. The average Bonchev–Trinajstić information content (AvgIpc) is 1.58. The molecular weight excluding hydrogens is 160 g/mol. The van der Waals surface area contributed by atoms with E-state index in [1.807, 2.05) is 0 Å². The smallest absolute Gasteiger partial charge is 0.370 e. The van der Waals surface area contributed by atoms with E-state index in [4.69, 9.17) is 0 Å². The molecule has 60 valence electrons. The Morgan fingerprint density at radius 3 is 1.50 bits per heavy atom. The minimum Gasteiger partial charge on any atom is -0.370 e. The molecular formula is C3H2F4O3. The van der Waals surface area contributed by atoms with E-state index < -0.39 is 19.4 Å². The van der Waals surface area contributed by atoms with Crippen LogP contribution in [-0.4, -0.2) is 19.4 Å². The van der Waals surface area contributed by atoms with E-state index in [1.54, 1.807) is 0 Å². The Bertz CT molecular complexity index is 102. The summed E-state index contributed by atoms with van der Waals surface area (Å²) in [5, 5.41) is 0. The first-order chi connectivity index (χ1) is 4.52. The fraction of sp³-hybridized carbons (Fsp3) is 0.667. The van der Waals surface area contributed by atoms with Crippen molar-refractivity contribution in [3.05, 3.63) is 0 Å². The molecule has 0 aliphatic rings. The molecule has 0 spiro atoms. The third kappa shape index (κ3) is 5.13. The standard InChI is InChI=1S/C3H2F4O3/c4-1(5)9-3(8)10-2(6)7/h1-2H. The number of carbonyl (C=O) groups is 1. The molecule has 0 rings (SSSR count). The zero-order chi connectivity index (χ0) is 8.15. The van der Waals surface area contributed by atoms with Crippen LogP contribution in [0.1, 0.15) is 0 Å². The Morgan fingerprint density at radius 2 is 1.30 bits per heavy atom. The van der Waals surface area contributed by atoms with Crippen molar-refractivity contribution < 1.29 is 31.8 Å². The minimum absolute atomic E-state index is 2.09. The van der Waals surface area contributed by atoms with Gasteiger partial charge in [-0.1, -0.05) is 0 Å². The van der Waals surface area contributed by atoms with Crippen LogP contribution in [0.3, 0.4) is 0 Å². The van der Waals surface area contributed by atoms with Gasteiger partial charge in [0.25, 0.3) is 0 Å². The number of hydrogen-bond donors (Lipinski definition) is 0. The van der Waals surface area contributed by atoms with Crippen LogP contribution in [0, 0.1) is 0 Å². The Morgan fingerprint density at radius 1 is 1.00 bits per heavy atom. The van der Waals surface area contributed by atoms with E-state index in [0.29, 0.717) is 0 Å². The summed E-state index contributed by atoms with van der Waals surface area (Å²) >= 11 is 0. The summed E-state index contributed by atoms with van der Waals surface area (Å²) in [6.07, 6.45) is -2.09. The van der Waals surface area contributed by atoms with Crippen molar-refractivity contribution >= 4 is 6.16 Å². The van der Waals surface area contributed by atoms with E-state index >= 15 is 0 Å². The highest BCUT2D eigenvalue weighted by Crippen LogP contribution is 2.01. The highest BCUT2D eigenvalue weighted by molar-refractivity contribution is 5.59. The van der Waals surface area contributed by atoms with Crippen molar-refractivity contribution in [2.24, 2.45) is 0 Å². The van der Waals surface area contributed by atoms with E-state index in [9.17, 15) is 22.4 Å². The summed E-state index contributed by atoms with van der Waals surface area (Å²) in [6, 6.07) is 0. The van der Waals surface area contributed by atoms with Crippen molar-refractivity contribution in [1.29, 1.82) is 0 Å². The first-order valence-electron chi connectivity index (χ1n) is 1.96. The fourth-order valence-electron chi connectivity index (χ4n) is 0.173. The fourth-order valence-corrected chi connectivity index (χ4v) is 0.173. The molecule has 10 heavy (non-hydrogen) atoms. The van der Waals surface area contributed by atoms with Gasteiger partial charge >= 0.3 is 19.4 Å². The molecule has 0 aliphatic heterocycles. The third-order valence-corrected chi connectivity index (χ3v) is 0.371. The average molecular weight is 162 g/mol. The van der Waals surface area contributed by atoms with Gasteiger partial charge in [-0.3, -0.25) is 0 Å². The lowest BCUT2D eigenvalue weighted by molar-refractivity contribution is -0.152. The molecule has 0 aromatic heterocycles. The lowest BCUT2D eigenvalue weighted by Gasteiger charge is -2.01. The lowest BCUT2D eigenvalue weighted by Crippen LogP contribution is -2.14. The zero-order valence-electron chi connectivity index (χ0n) is 4.39. The molecule has 0 aromatic rings. The summed E-state index contributed by atoms with van der Waals surface area (Å²) < 4.78 is 49.6. The lowest BCUT2D eigenvalue weighted by atomic mass is 11.2. The predicted octanol–water partition coefficient (Wildman–Crippen LogP) is 1.58. The zero-order valence-corrected chi connectivity index (χ0v) is 4.39. The monoisotopic (exact) mass is 162 g/mol. The van der Waals surface area contributed by atoms with Gasteiger partial charge < -0.3 is 9.47 Å². The summed E-state index contributed by atoms with van der Waals surface area (Å²) in [5.74, 6) is 0. The number of hydrogen-bond acceptors (Lipinski definition) is 3. The van der Waals surface area contributed by atoms with Gasteiger partial charge in [0.05, 0.1) is 0 Å². The van der Waals surface area contributed by atoms with Gasteiger partial charge in [0.2, 0.25) is 0 Å². The van der Waals surface area contributed by atoms with Crippen molar-refractivity contribution in [2.75, 3.05) is 0 Å². The summed E-state index contributed by atoms with van der Waals surface area (Å²) in [7, 11) is 0. The van der Waals surface area contributed by atoms with E-state index in [-0.39, 0.29) is 0 Å². The van der Waals surface area contributed by atoms with E-state index in [2.05, 4.69) is 9.47 Å². The van der Waals surface area contributed by atoms with Crippen molar-refractivity contribution in [1.82, 2.24) is 0 Å². The maximum Gasteiger partial charge on any atom is 0.517 e. The van der Waals surface area contributed by atoms with Gasteiger partial charge in [-0.25, -0.2) is 4.79 Å². The number of rotatable bonds is 2. The van der Waals surface area contributed by atoms with Crippen LogP contribution >= 0.6 is 0 Å². The third-order valence-electron chi connectivity index (χ3n) is 0.371. The molecule has 0 saturated carbocycles. The molecule has 0 radical (unpaired) electrons.